The number of para-hydroxylation sites is 1. The highest BCUT2D eigenvalue weighted by molar-refractivity contribution is 5.78. The highest BCUT2D eigenvalue weighted by Gasteiger charge is 2.21. The molecular formula is C16H17NO. The van der Waals surface area contributed by atoms with E-state index in [0.29, 0.717) is 5.92 Å². The number of hydrogen-bond acceptors (Lipinski definition) is 2. The molecule has 0 saturated carbocycles. The maximum atomic E-state index is 10.4. The van der Waals surface area contributed by atoms with E-state index >= 15 is 0 Å². The van der Waals surface area contributed by atoms with Crippen LogP contribution in [0, 0.1) is 5.92 Å². The lowest BCUT2D eigenvalue weighted by molar-refractivity contribution is 0.102. The molecule has 0 amide bonds. The molecule has 18 heavy (non-hydrogen) atoms. The first kappa shape index (κ1) is 11.4. The molecule has 2 atom stereocenters. The Labute approximate surface area is 107 Å². The molecule has 92 valence electrons. The molecule has 2 unspecified atom stereocenters. The summed E-state index contributed by atoms with van der Waals surface area (Å²) in [7, 11) is 0. The smallest absolute Gasteiger partial charge is 0.0836 e. The maximum Gasteiger partial charge on any atom is 0.0836 e. The molecule has 0 spiro atoms. The van der Waals surface area contributed by atoms with E-state index < -0.39 is 6.10 Å². The van der Waals surface area contributed by atoms with Crippen molar-refractivity contribution >= 4 is 10.9 Å². The van der Waals surface area contributed by atoms with Crippen LogP contribution >= 0.6 is 0 Å². The molecule has 1 aromatic heterocycles. The average Bonchev–Trinajstić information content (AvgIpc) is 2.47. The third kappa shape index (κ3) is 2.16. The third-order valence-electron chi connectivity index (χ3n) is 3.71. The van der Waals surface area contributed by atoms with Crippen molar-refractivity contribution in [2.45, 2.75) is 25.4 Å². The van der Waals surface area contributed by atoms with E-state index in [-0.39, 0.29) is 0 Å². The predicted molar refractivity (Wildman–Crippen MR) is 73.2 cm³/mol. The van der Waals surface area contributed by atoms with Gasteiger partial charge in [-0.3, -0.25) is 4.98 Å². The van der Waals surface area contributed by atoms with Gasteiger partial charge in [-0.05, 0) is 42.9 Å². The molecule has 1 aliphatic carbocycles. The van der Waals surface area contributed by atoms with Gasteiger partial charge in [0.1, 0.15) is 0 Å². The highest BCUT2D eigenvalue weighted by Crippen LogP contribution is 2.32. The van der Waals surface area contributed by atoms with Gasteiger partial charge in [-0.1, -0.05) is 30.4 Å². The summed E-state index contributed by atoms with van der Waals surface area (Å²) in [4.78, 5) is 4.42. The number of rotatable bonds is 2. The Morgan fingerprint density at radius 3 is 2.94 bits per heavy atom. The van der Waals surface area contributed by atoms with Crippen molar-refractivity contribution in [2.75, 3.05) is 0 Å². The van der Waals surface area contributed by atoms with Gasteiger partial charge in [-0.25, -0.2) is 0 Å². The fourth-order valence-corrected chi connectivity index (χ4v) is 2.63. The lowest BCUT2D eigenvalue weighted by Gasteiger charge is -2.24. The number of nitrogens with zero attached hydrogens (tertiary/aromatic N) is 1. The molecule has 0 fully saturated rings. The molecule has 1 N–H and O–H groups in total. The Balaban J connectivity index is 1.91. The number of benzene rings is 1. The van der Waals surface area contributed by atoms with Crippen molar-refractivity contribution in [2.24, 2.45) is 5.92 Å². The van der Waals surface area contributed by atoms with Crippen LogP contribution in [0.1, 0.15) is 30.9 Å². The van der Waals surface area contributed by atoms with Crippen molar-refractivity contribution in [3.05, 3.63) is 54.2 Å². The maximum absolute atomic E-state index is 10.4. The molecule has 2 heteroatoms. The van der Waals surface area contributed by atoms with Gasteiger partial charge in [0, 0.05) is 11.6 Å². The summed E-state index contributed by atoms with van der Waals surface area (Å²) in [6, 6.07) is 10.1. The molecule has 0 saturated heterocycles. The Hall–Kier alpha value is -1.67. The fraction of sp³-hybridized carbons (Fsp3) is 0.312. The number of hydrogen-bond donors (Lipinski definition) is 1. The molecule has 2 nitrogen and oxygen atoms in total. The first-order valence-electron chi connectivity index (χ1n) is 6.52. The van der Waals surface area contributed by atoms with Crippen LogP contribution in [0.25, 0.3) is 10.9 Å². The number of fused-ring (bicyclic) bond motifs is 1. The number of pyridine rings is 1. The van der Waals surface area contributed by atoms with Crippen LogP contribution in [0.3, 0.4) is 0 Å². The minimum atomic E-state index is -0.396. The predicted octanol–water partition coefficient (Wildman–Crippen LogP) is 3.62. The van der Waals surface area contributed by atoms with Gasteiger partial charge in [0.25, 0.3) is 0 Å². The van der Waals surface area contributed by atoms with E-state index in [2.05, 4.69) is 23.2 Å². The zero-order chi connectivity index (χ0) is 12.4. The van der Waals surface area contributed by atoms with Crippen molar-refractivity contribution in [1.82, 2.24) is 4.98 Å². The van der Waals surface area contributed by atoms with Crippen molar-refractivity contribution in [3.63, 3.8) is 0 Å². The van der Waals surface area contributed by atoms with Gasteiger partial charge in [-0.2, -0.15) is 0 Å². The zero-order valence-electron chi connectivity index (χ0n) is 10.3. The second-order valence-corrected chi connectivity index (χ2v) is 4.95. The minimum absolute atomic E-state index is 0.331. The summed E-state index contributed by atoms with van der Waals surface area (Å²) >= 11 is 0. The normalized spacial score (nSPS) is 21.1. The largest absolute Gasteiger partial charge is 0.388 e. The number of allylic oxidation sites excluding steroid dienone is 2. The Bertz CT molecular complexity index is 576. The van der Waals surface area contributed by atoms with E-state index in [0.717, 1.165) is 35.7 Å². The molecule has 1 aliphatic rings. The summed E-state index contributed by atoms with van der Waals surface area (Å²) in [6.07, 6.45) is 8.88. The molecule has 2 aromatic rings. The molecule has 1 aromatic carbocycles. The summed E-state index contributed by atoms with van der Waals surface area (Å²) in [5.41, 5.74) is 1.92. The highest BCUT2D eigenvalue weighted by atomic mass is 16.3. The molecule has 0 radical (unpaired) electrons. The van der Waals surface area contributed by atoms with Crippen molar-refractivity contribution in [1.29, 1.82) is 0 Å². The number of aromatic nitrogens is 1. The van der Waals surface area contributed by atoms with Gasteiger partial charge in [-0.15, -0.1) is 0 Å². The van der Waals surface area contributed by atoms with Gasteiger partial charge in [0.2, 0.25) is 0 Å². The summed E-state index contributed by atoms with van der Waals surface area (Å²) in [5, 5.41) is 11.5. The number of aliphatic hydroxyl groups excluding tert-OH is 1. The summed E-state index contributed by atoms with van der Waals surface area (Å²) in [5.74, 6) is 0.331. The lowest BCUT2D eigenvalue weighted by atomic mass is 9.86. The Kier molecular flexibility index (Phi) is 3.11. The van der Waals surface area contributed by atoms with Crippen LogP contribution in [0.15, 0.2) is 48.7 Å². The zero-order valence-corrected chi connectivity index (χ0v) is 10.3. The van der Waals surface area contributed by atoms with Gasteiger partial charge in [0.05, 0.1) is 11.6 Å². The van der Waals surface area contributed by atoms with E-state index in [1.54, 1.807) is 0 Å². The molecule has 1 heterocycles. The minimum Gasteiger partial charge on any atom is -0.388 e. The first-order chi connectivity index (χ1) is 8.84. The third-order valence-corrected chi connectivity index (χ3v) is 3.71. The second kappa shape index (κ2) is 4.91. The van der Waals surface area contributed by atoms with Crippen LogP contribution in [0.2, 0.25) is 0 Å². The molecule has 0 bridgehead atoms. The van der Waals surface area contributed by atoms with Crippen molar-refractivity contribution < 1.29 is 5.11 Å². The molecule has 3 rings (SSSR count). The lowest BCUT2D eigenvalue weighted by Crippen LogP contribution is -2.14. The van der Waals surface area contributed by atoms with Crippen LogP contribution in [0.4, 0.5) is 0 Å². The summed E-state index contributed by atoms with van der Waals surface area (Å²) in [6.45, 7) is 0. The molecule has 0 aliphatic heterocycles. The summed E-state index contributed by atoms with van der Waals surface area (Å²) < 4.78 is 0. The van der Waals surface area contributed by atoms with Gasteiger partial charge in [0.15, 0.2) is 0 Å². The van der Waals surface area contributed by atoms with Crippen LogP contribution in [-0.2, 0) is 0 Å². The van der Waals surface area contributed by atoms with Gasteiger partial charge >= 0.3 is 0 Å². The van der Waals surface area contributed by atoms with Crippen molar-refractivity contribution in [3.8, 4) is 0 Å². The van der Waals surface area contributed by atoms with E-state index in [9.17, 15) is 5.11 Å². The van der Waals surface area contributed by atoms with Crippen LogP contribution in [-0.4, -0.2) is 10.1 Å². The van der Waals surface area contributed by atoms with E-state index in [1.807, 2.05) is 30.5 Å². The van der Waals surface area contributed by atoms with Gasteiger partial charge < -0.3 is 5.11 Å². The SMILES string of the molecule is OC(c1cnc2ccccc2c1)C1CC=CCC1. The average molecular weight is 239 g/mol. The van der Waals surface area contributed by atoms with E-state index in [1.165, 1.54) is 0 Å². The number of aliphatic hydroxyl groups is 1. The molecular weight excluding hydrogens is 222 g/mol. The monoisotopic (exact) mass is 239 g/mol. The van der Waals surface area contributed by atoms with E-state index in [4.69, 9.17) is 0 Å². The quantitative estimate of drug-likeness (QED) is 0.812. The Morgan fingerprint density at radius 1 is 1.22 bits per heavy atom. The topological polar surface area (TPSA) is 33.1 Å². The first-order valence-corrected chi connectivity index (χ1v) is 6.52. The fourth-order valence-electron chi connectivity index (χ4n) is 2.63. The Morgan fingerprint density at radius 2 is 2.11 bits per heavy atom. The standard InChI is InChI=1S/C16H17NO/c18-16(12-6-2-1-3-7-12)14-10-13-8-4-5-9-15(13)17-11-14/h1-2,4-5,8-12,16,18H,3,6-7H2. The van der Waals surface area contributed by atoms with Crippen LogP contribution < -0.4 is 0 Å². The van der Waals surface area contributed by atoms with Crippen LogP contribution in [0.5, 0.6) is 0 Å². The second-order valence-electron chi connectivity index (χ2n) is 4.95.